The molecule has 0 unspecified atom stereocenters. The lowest BCUT2D eigenvalue weighted by molar-refractivity contribution is -0.164. The SMILES string of the molecule is C=CCOC(=O)C(Oc1ccc(Cl)cc1)Oc1ccc(Cl)cc1. The minimum atomic E-state index is -1.27. The first-order valence-corrected chi connectivity index (χ1v) is 7.46. The highest BCUT2D eigenvalue weighted by Crippen LogP contribution is 2.21. The highest BCUT2D eigenvalue weighted by molar-refractivity contribution is 6.30. The number of benzene rings is 2. The summed E-state index contributed by atoms with van der Waals surface area (Å²) in [5.74, 6) is 0.169. The second kappa shape index (κ2) is 8.46. The van der Waals surface area contributed by atoms with Crippen molar-refractivity contribution in [1.82, 2.24) is 0 Å². The molecule has 0 fully saturated rings. The molecule has 6 heteroatoms. The molecule has 0 aliphatic carbocycles. The van der Waals surface area contributed by atoms with E-state index in [0.717, 1.165) is 0 Å². The van der Waals surface area contributed by atoms with Gasteiger partial charge in [0.2, 0.25) is 0 Å². The number of halogens is 2. The summed E-state index contributed by atoms with van der Waals surface area (Å²) >= 11 is 11.6. The van der Waals surface area contributed by atoms with Crippen molar-refractivity contribution >= 4 is 29.2 Å². The molecule has 0 aliphatic rings. The van der Waals surface area contributed by atoms with E-state index in [1.807, 2.05) is 0 Å². The zero-order chi connectivity index (χ0) is 16.7. The van der Waals surface area contributed by atoms with Crippen LogP contribution in [0.4, 0.5) is 0 Å². The summed E-state index contributed by atoms with van der Waals surface area (Å²) in [4.78, 5) is 12.1. The van der Waals surface area contributed by atoms with Gasteiger partial charge in [-0.15, -0.1) is 0 Å². The summed E-state index contributed by atoms with van der Waals surface area (Å²) in [7, 11) is 0. The molecular formula is C17H14Cl2O4. The molecule has 0 spiro atoms. The van der Waals surface area contributed by atoms with Crippen LogP contribution in [-0.4, -0.2) is 18.9 Å². The minimum absolute atomic E-state index is 0.0588. The topological polar surface area (TPSA) is 44.8 Å². The van der Waals surface area contributed by atoms with Crippen molar-refractivity contribution in [3.8, 4) is 11.5 Å². The molecule has 2 aromatic carbocycles. The lowest BCUT2D eigenvalue weighted by Gasteiger charge is -2.19. The molecule has 0 radical (unpaired) electrons. The van der Waals surface area contributed by atoms with Crippen LogP contribution in [0.15, 0.2) is 61.2 Å². The van der Waals surface area contributed by atoms with Gasteiger partial charge < -0.3 is 14.2 Å². The van der Waals surface area contributed by atoms with Gasteiger partial charge in [-0.2, -0.15) is 0 Å². The van der Waals surface area contributed by atoms with E-state index >= 15 is 0 Å². The van der Waals surface area contributed by atoms with E-state index in [1.54, 1.807) is 48.5 Å². The van der Waals surface area contributed by atoms with Crippen LogP contribution >= 0.6 is 23.2 Å². The monoisotopic (exact) mass is 352 g/mol. The van der Waals surface area contributed by atoms with E-state index in [2.05, 4.69) is 6.58 Å². The van der Waals surface area contributed by atoms with E-state index < -0.39 is 12.3 Å². The summed E-state index contributed by atoms with van der Waals surface area (Å²) in [5.41, 5.74) is 0. The third-order valence-electron chi connectivity index (χ3n) is 2.65. The normalized spacial score (nSPS) is 10.2. The molecule has 0 amide bonds. The van der Waals surface area contributed by atoms with Crippen LogP contribution in [0.2, 0.25) is 10.0 Å². The molecule has 0 N–H and O–H groups in total. The summed E-state index contributed by atoms with van der Waals surface area (Å²) in [6, 6.07) is 13.1. The molecular weight excluding hydrogens is 339 g/mol. The van der Waals surface area contributed by atoms with Crippen LogP contribution in [0, 0.1) is 0 Å². The molecule has 0 bridgehead atoms. The maximum Gasteiger partial charge on any atom is 0.389 e. The highest BCUT2D eigenvalue weighted by Gasteiger charge is 2.24. The van der Waals surface area contributed by atoms with Gasteiger partial charge in [-0.25, -0.2) is 4.79 Å². The van der Waals surface area contributed by atoms with Crippen molar-refractivity contribution in [3.05, 3.63) is 71.2 Å². The van der Waals surface area contributed by atoms with E-state index in [-0.39, 0.29) is 6.61 Å². The smallest absolute Gasteiger partial charge is 0.389 e. The zero-order valence-electron chi connectivity index (χ0n) is 12.1. The Labute approximate surface area is 144 Å². The van der Waals surface area contributed by atoms with Crippen LogP contribution in [-0.2, 0) is 9.53 Å². The van der Waals surface area contributed by atoms with Crippen molar-refractivity contribution in [1.29, 1.82) is 0 Å². The van der Waals surface area contributed by atoms with Crippen molar-refractivity contribution in [3.63, 3.8) is 0 Å². The molecule has 4 nitrogen and oxygen atoms in total. The molecule has 0 saturated carbocycles. The number of ether oxygens (including phenoxy) is 3. The number of carbonyl (C=O) groups excluding carboxylic acids is 1. The Morgan fingerprint density at radius 1 is 0.957 bits per heavy atom. The number of carbonyl (C=O) groups is 1. The summed E-state index contributed by atoms with van der Waals surface area (Å²) < 4.78 is 16.1. The van der Waals surface area contributed by atoms with Crippen molar-refractivity contribution in [2.75, 3.05) is 6.61 Å². The first-order chi connectivity index (χ1) is 11.1. The molecule has 2 rings (SSSR count). The quantitative estimate of drug-likeness (QED) is 0.418. The maximum absolute atomic E-state index is 12.1. The molecule has 2 aromatic rings. The van der Waals surface area contributed by atoms with Crippen LogP contribution in [0.1, 0.15) is 0 Å². The van der Waals surface area contributed by atoms with Crippen LogP contribution in [0.5, 0.6) is 11.5 Å². The standard InChI is InChI=1S/C17H14Cl2O4/c1-2-11-21-16(20)17(22-14-7-3-12(18)4-8-14)23-15-9-5-13(19)6-10-15/h2-10,17H,1,11H2. The molecule has 0 atom stereocenters. The predicted molar refractivity (Wildman–Crippen MR) is 89.1 cm³/mol. The molecule has 0 saturated heterocycles. The van der Waals surface area contributed by atoms with E-state index in [4.69, 9.17) is 37.4 Å². The fourth-order valence-corrected chi connectivity index (χ4v) is 1.85. The summed E-state index contributed by atoms with van der Waals surface area (Å²) in [6.45, 7) is 3.55. The zero-order valence-corrected chi connectivity index (χ0v) is 13.6. The Hall–Kier alpha value is -2.17. The van der Waals surface area contributed by atoms with Crippen molar-refractivity contribution in [2.24, 2.45) is 0 Å². The van der Waals surface area contributed by atoms with Crippen molar-refractivity contribution in [2.45, 2.75) is 6.29 Å². The van der Waals surface area contributed by atoms with Gasteiger partial charge in [0.25, 0.3) is 0 Å². The lowest BCUT2D eigenvalue weighted by Crippen LogP contribution is -2.35. The Kier molecular flexibility index (Phi) is 6.32. The fourth-order valence-electron chi connectivity index (χ4n) is 1.60. The number of hydrogen-bond donors (Lipinski definition) is 0. The largest absolute Gasteiger partial charge is 0.456 e. The van der Waals surface area contributed by atoms with Crippen LogP contribution in [0.3, 0.4) is 0 Å². The Balaban J connectivity index is 2.13. The van der Waals surface area contributed by atoms with Gasteiger partial charge in [0.15, 0.2) is 0 Å². The average molecular weight is 353 g/mol. The second-order valence-corrected chi connectivity index (χ2v) is 5.27. The first kappa shape index (κ1) is 17.2. The third-order valence-corrected chi connectivity index (χ3v) is 3.15. The van der Waals surface area contributed by atoms with Gasteiger partial charge in [-0.05, 0) is 48.5 Å². The van der Waals surface area contributed by atoms with Crippen molar-refractivity contribution < 1.29 is 19.0 Å². The second-order valence-electron chi connectivity index (χ2n) is 4.39. The van der Waals surface area contributed by atoms with E-state index in [0.29, 0.717) is 21.5 Å². The summed E-state index contributed by atoms with van der Waals surface area (Å²) in [6.07, 6.45) is 0.191. The minimum Gasteiger partial charge on any atom is -0.456 e. The van der Waals surface area contributed by atoms with Gasteiger partial charge in [0, 0.05) is 10.0 Å². The molecule has 0 heterocycles. The Morgan fingerprint density at radius 2 is 1.39 bits per heavy atom. The Bertz CT molecular complexity index is 606. The number of hydrogen-bond acceptors (Lipinski definition) is 4. The van der Waals surface area contributed by atoms with E-state index in [9.17, 15) is 4.79 Å². The average Bonchev–Trinajstić information content (AvgIpc) is 2.56. The third kappa shape index (κ3) is 5.51. The predicted octanol–water partition coefficient (Wildman–Crippen LogP) is 4.51. The Morgan fingerprint density at radius 3 is 1.78 bits per heavy atom. The van der Waals surface area contributed by atoms with Gasteiger partial charge >= 0.3 is 12.3 Å². The van der Waals surface area contributed by atoms with Gasteiger partial charge in [-0.3, -0.25) is 0 Å². The number of esters is 1. The lowest BCUT2D eigenvalue weighted by atomic mass is 10.3. The highest BCUT2D eigenvalue weighted by atomic mass is 35.5. The van der Waals surface area contributed by atoms with Gasteiger partial charge in [0.05, 0.1) is 0 Å². The van der Waals surface area contributed by atoms with Gasteiger partial charge in [-0.1, -0.05) is 35.9 Å². The molecule has 23 heavy (non-hydrogen) atoms. The summed E-state index contributed by atoms with van der Waals surface area (Å²) in [5, 5.41) is 1.11. The van der Waals surface area contributed by atoms with E-state index in [1.165, 1.54) is 6.08 Å². The van der Waals surface area contributed by atoms with Crippen LogP contribution in [0.25, 0.3) is 0 Å². The molecule has 0 aliphatic heterocycles. The maximum atomic E-state index is 12.1. The van der Waals surface area contributed by atoms with Gasteiger partial charge in [0.1, 0.15) is 18.1 Å². The first-order valence-electron chi connectivity index (χ1n) is 6.70. The number of rotatable bonds is 7. The molecule has 0 aromatic heterocycles. The molecule has 120 valence electrons. The fraction of sp³-hybridized carbons (Fsp3) is 0.118. The van der Waals surface area contributed by atoms with Crippen LogP contribution < -0.4 is 9.47 Å².